The summed E-state index contributed by atoms with van der Waals surface area (Å²) in [6.45, 7) is 2.08. The number of nitrogens with zero attached hydrogens (tertiary/aromatic N) is 1. The molecule has 27 heavy (non-hydrogen) atoms. The van der Waals surface area contributed by atoms with Crippen molar-refractivity contribution in [2.75, 3.05) is 5.75 Å². The normalized spacial score (nSPS) is 30.0. The van der Waals surface area contributed by atoms with Gasteiger partial charge in [0.2, 0.25) is 11.8 Å². The Morgan fingerprint density at radius 1 is 1.15 bits per heavy atom. The van der Waals surface area contributed by atoms with Crippen molar-refractivity contribution in [2.45, 2.75) is 81.2 Å². The highest BCUT2D eigenvalue weighted by atomic mass is 32.2. The molecule has 1 aliphatic heterocycles. The predicted molar refractivity (Wildman–Crippen MR) is 110 cm³/mol. The van der Waals surface area contributed by atoms with E-state index in [4.69, 9.17) is 0 Å². The Morgan fingerprint density at radius 3 is 2.63 bits per heavy atom. The fourth-order valence-corrected chi connectivity index (χ4v) is 6.72. The van der Waals surface area contributed by atoms with E-state index in [0.717, 1.165) is 37.7 Å². The lowest BCUT2D eigenvalue weighted by Gasteiger charge is -2.50. The summed E-state index contributed by atoms with van der Waals surface area (Å²) < 4.78 is 0. The molecule has 1 saturated heterocycles. The van der Waals surface area contributed by atoms with Crippen molar-refractivity contribution in [1.82, 2.24) is 10.2 Å². The molecule has 1 heterocycles. The number of amides is 2. The molecule has 4 rings (SSSR count). The van der Waals surface area contributed by atoms with Gasteiger partial charge in [-0.25, -0.2) is 0 Å². The molecule has 1 N–H and O–H groups in total. The monoisotopic (exact) mass is 386 g/mol. The predicted octanol–water partition coefficient (Wildman–Crippen LogP) is 4.06. The van der Waals surface area contributed by atoms with E-state index in [1.165, 1.54) is 19.3 Å². The van der Waals surface area contributed by atoms with Gasteiger partial charge in [0, 0.05) is 11.3 Å². The third-order valence-electron chi connectivity index (χ3n) is 6.67. The van der Waals surface area contributed by atoms with Gasteiger partial charge in [0.1, 0.15) is 5.54 Å². The summed E-state index contributed by atoms with van der Waals surface area (Å²) in [5.41, 5.74) is 0.417. The minimum atomic E-state index is -0.688. The zero-order valence-corrected chi connectivity index (χ0v) is 17.0. The molecular weight excluding hydrogens is 356 g/mol. The molecule has 2 saturated carbocycles. The van der Waals surface area contributed by atoms with Gasteiger partial charge in [-0.15, -0.1) is 11.8 Å². The number of fused-ring (bicyclic) bond motifs is 1. The maximum absolute atomic E-state index is 13.6. The summed E-state index contributed by atoms with van der Waals surface area (Å²) in [5, 5.41) is 3.57. The quantitative estimate of drug-likeness (QED) is 0.849. The summed E-state index contributed by atoms with van der Waals surface area (Å²) in [7, 11) is 0. The Labute approximate surface area is 166 Å². The van der Waals surface area contributed by atoms with Crippen molar-refractivity contribution < 1.29 is 9.59 Å². The molecule has 0 aromatic heterocycles. The van der Waals surface area contributed by atoms with Crippen molar-refractivity contribution in [3.63, 3.8) is 0 Å². The van der Waals surface area contributed by atoms with Crippen LogP contribution in [0.1, 0.15) is 69.9 Å². The van der Waals surface area contributed by atoms with Gasteiger partial charge in [0.15, 0.2) is 0 Å². The van der Waals surface area contributed by atoms with Crippen LogP contribution in [0.25, 0.3) is 0 Å². The molecule has 0 spiro atoms. The Kier molecular flexibility index (Phi) is 5.49. The van der Waals surface area contributed by atoms with Crippen molar-refractivity contribution in [2.24, 2.45) is 0 Å². The van der Waals surface area contributed by atoms with Crippen molar-refractivity contribution in [1.29, 1.82) is 0 Å². The second kappa shape index (κ2) is 7.86. The molecule has 1 aromatic carbocycles. The molecule has 3 fully saturated rings. The number of hydrogen-bond donors (Lipinski definition) is 1. The van der Waals surface area contributed by atoms with Crippen LogP contribution in [0.15, 0.2) is 30.3 Å². The van der Waals surface area contributed by atoms with Crippen molar-refractivity contribution >= 4 is 23.6 Å². The number of hydrogen-bond acceptors (Lipinski definition) is 3. The van der Waals surface area contributed by atoms with Gasteiger partial charge in [-0.3, -0.25) is 9.59 Å². The van der Waals surface area contributed by atoms with Gasteiger partial charge >= 0.3 is 0 Å². The maximum Gasteiger partial charge on any atom is 0.247 e. The van der Waals surface area contributed by atoms with Crippen LogP contribution in [0.3, 0.4) is 0 Å². The lowest BCUT2D eigenvalue weighted by molar-refractivity contribution is -0.150. The number of carbonyl (C=O) groups is 2. The molecule has 5 heteroatoms. The SMILES string of the molecule is C[C@@H](c1ccccc1)N1C(=O)CSC2CCCC21C(=O)NC1CCCCC1. The Morgan fingerprint density at radius 2 is 1.89 bits per heavy atom. The summed E-state index contributed by atoms with van der Waals surface area (Å²) in [6.07, 6.45) is 8.62. The highest BCUT2D eigenvalue weighted by Crippen LogP contribution is 2.49. The highest BCUT2D eigenvalue weighted by molar-refractivity contribution is 8.00. The first kappa shape index (κ1) is 18.9. The van der Waals surface area contributed by atoms with E-state index in [2.05, 4.69) is 24.4 Å². The average molecular weight is 387 g/mol. The third kappa shape index (κ3) is 3.39. The topological polar surface area (TPSA) is 49.4 Å². The van der Waals surface area contributed by atoms with Gasteiger partial charge in [0.05, 0.1) is 11.8 Å². The number of carbonyl (C=O) groups excluding carboxylic acids is 2. The molecule has 3 aliphatic rings. The zero-order valence-electron chi connectivity index (χ0n) is 16.2. The average Bonchev–Trinajstić information content (AvgIpc) is 3.14. The lowest BCUT2D eigenvalue weighted by atomic mass is 9.87. The largest absolute Gasteiger partial charge is 0.351 e. The fraction of sp³-hybridized carbons (Fsp3) is 0.636. The molecule has 1 aromatic rings. The molecule has 0 radical (unpaired) electrons. The second-order valence-corrected chi connectivity index (χ2v) is 9.47. The van der Waals surface area contributed by atoms with Crippen molar-refractivity contribution in [3.8, 4) is 0 Å². The number of thioether (sulfide) groups is 1. The van der Waals surface area contributed by atoms with Gasteiger partial charge in [0.25, 0.3) is 0 Å². The van der Waals surface area contributed by atoms with Crippen LogP contribution < -0.4 is 5.32 Å². The van der Waals surface area contributed by atoms with E-state index in [1.807, 2.05) is 23.1 Å². The zero-order chi connectivity index (χ0) is 18.9. The first-order valence-corrected chi connectivity index (χ1v) is 11.5. The highest BCUT2D eigenvalue weighted by Gasteiger charge is 2.59. The number of rotatable bonds is 4. The minimum Gasteiger partial charge on any atom is -0.351 e. The Hall–Kier alpha value is -1.49. The van der Waals surface area contributed by atoms with Gasteiger partial charge in [-0.2, -0.15) is 0 Å². The molecule has 4 nitrogen and oxygen atoms in total. The van der Waals surface area contributed by atoms with E-state index in [1.54, 1.807) is 11.8 Å². The lowest BCUT2D eigenvalue weighted by Crippen LogP contribution is -2.67. The third-order valence-corrected chi connectivity index (χ3v) is 8.11. The van der Waals surface area contributed by atoms with Crippen LogP contribution in [0, 0.1) is 0 Å². The summed E-state index contributed by atoms with van der Waals surface area (Å²) >= 11 is 1.70. The van der Waals surface area contributed by atoms with E-state index >= 15 is 0 Å². The molecule has 146 valence electrons. The molecule has 0 bridgehead atoms. The smallest absolute Gasteiger partial charge is 0.247 e. The van der Waals surface area contributed by atoms with Gasteiger partial charge in [-0.1, -0.05) is 49.6 Å². The second-order valence-electron chi connectivity index (χ2n) is 8.27. The van der Waals surface area contributed by atoms with Gasteiger partial charge in [-0.05, 0) is 44.6 Å². The van der Waals surface area contributed by atoms with Crippen LogP contribution in [0.4, 0.5) is 0 Å². The van der Waals surface area contributed by atoms with E-state index in [0.29, 0.717) is 5.75 Å². The first-order valence-electron chi connectivity index (χ1n) is 10.4. The minimum absolute atomic E-state index is 0.0858. The summed E-state index contributed by atoms with van der Waals surface area (Å²) in [6, 6.07) is 10.3. The first-order chi connectivity index (χ1) is 13.1. The summed E-state index contributed by atoms with van der Waals surface area (Å²) in [5.74, 6) is 0.689. The molecular formula is C22H30N2O2S. The van der Waals surface area contributed by atoms with Crippen LogP contribution in [0.5, 0.6) is 0 Å². The van der Waals surface area contributed by atoms with E-state index in [-0.39, 0.29) is 29.1 Å². The van der Waals surface area contributed by atoms with Crippen molar-refractivity contribution in [3.05, 3.63) is 35.9 Å². The van der Waals surface area contributed by atoms with E-state index < -0.39 is 5.54 Å². The standard InChI is InChI=1S/C22H30N2O2S/c1-16(17-9-4-2-5-10-17)24-20(25)15-27-19-13-8-14-22(19,24)21(26)23-18-11-6-3-7-12-18/h2,4-5,9-10,16,18-19H,3,6-8,11-15H2,1H3,(H,23,26)/t16-,19?,22?/m0/s1. The molecule has 3 atom stereocenters. The van der Waals surface area contributed by atoms with Crippen LogP contribution >= 0.6 is 11.8 Å². The van der Waals surface area contributed by atoms with Crippen LogP contribution in [0.2, 0.25) is 0 Å². The number of nitrogens with one attached hydrogen (secondary N) is 1. The summed E-state index contributed by atoms with van der Waals surface area (Å²) in [4.78, 5) is 28.7. The molecule has 2 unspecified atom stereocenters. The van der Waals surface area contributed by atoms with E-state index in [9.17, 15) is 9.59 Å². The fourth-order valence-electron chi connectivity index (χ4n) is 5.29. The van der Waals surface area contributed by atoms with Gasteiger partial charge < -0.3 is 10.2 Å². The Balaban J connectivity index is 1.66. The molecule has 2 amide bonds. The number of benzene rings is 1. The van der Waals surface area contributed by atoms with Crippen LogP contribution in [-0.4, -0.2) is 39.3 Å². The molecule has 2 aliphatic carbocycles. The Bertz CT molecular complexity index is 689. The maximum atomic E-state index is 13.6. The van der Waals surface area contributed by atoms with Crippen LogP contribution in [-0.2, 0) is 9.59 Å².